The fraction of sp³-hybridized carbons (Fsp3) is 0.579. The molecule has 0 radical (unpaired) electrons. The van der Waals surface area contributed by atoms with Crippen LogP contribution in [0.15, 0.2) is 24.3 Å². The minimum Gasteiger partial charge on any atom is -0.508 e. The smallest absolute Gasteiger partial charge is 0.251 e. The van der Waals surface area contributed by atoms with Crippen LogP contribution in [0.25, 0.3) is 0 Å². The molecule has 2 amide bonds. The van der Waals surface area contributed by atoms with Crippen LogP contribution in [0.5, 0.6) is 5.75 Å². The normalized spacial score (nSPS) is 18.6. The lowest BCUT2D eigenvalue weighted by Gasteiger charge is -2.43. The second-order valence-corrected chi connectivity index (χ2v) is 7.52. The largest absolute Gasteiger partial charge is 0.508 e. The van der Waals surface area contributed by atoms with E-state index >= 15 is 0 Å². The Bertz CT molecular complexity index is 616. The molecule has 1 fully saturated rings. The predicted molar refractivity (Wildman–Crippen MR) is 97.5 cm³/mol. The first-order valence-electron chi connectivity index (χ1n) is 8.87. The summed E-state index contributed by atoms with van der Waals surface area (Å²) in [6, 6.07) is 6.04. The highest BCUT2D eigenvalue weighted by Crippen LogP contribution is 2.23. The third-order valence-corrected chi connectivity index (χ3v) is 4.75. The Morgan fingerprint density at radius 2 is 2.08 bits per heavy atom. The lowest BCUT2D eigenvalue weighted by atomic mass is 9.93. The molecule has 6 heteroatoms. The predicted octanol–water partition coefficient (Wildman–Crippen LogP) is 1.75. The molecule has 1 aliphatic heterocycles. The van der Waals surface area contributed by atoms with Gasteiger partial charge in [0.2, 0.25) is 5.91 Å². The molecule has 1 aliphatic rings. The van der Waals surface area contributed by atoms with Crippen LogP contribution >= 0.6 is 0 Å². The van der Waals surface area contributed by atoms with E-state index in [1.165, 1.54) is 25.0 Å². The van der Waals surface area contributed by atoms with Crippen LogP contribution in [0.1, 0.15) is 44.0 Å². The molecule has 0 unspecified atom stereocenters. The number of phenolic OH excluding ortho intramolecular Hbond substituents is 1. The molecule has 25 heavy (non-hydrogen) atoms. The van der Waals surface area contributed by atoms with E-state index < -0.39 is 0 Å². The Hall–Kier alpha value is -2.08. The lowest BCUT2D eigenvalue weighted by molar-refractivity contribution is -0.120. The van der Waals surface area contributed by atoms with E-state index in [4.69, 9.17) is 0 Å². The zero-order valence-corrected chi connectivity index (χ0v) is 15.3. The Balaban J connectivity index is 1.77. The van der Waals surface area contributed by atoms with Crippen LogP contribution in [0.2, 0.25) is 0 Å². The number of hydrogen-bond donors (Lipinski definition) is 3. The molecule has 6 nitrogen and oxygen atoms in total. The van der Waals surface area contributed by atoms with Crippen molar-refractivity contribution in [3.8, 4) is 5.75 Å². The first-order chi connectivity index (χ1) is 11.8. The zero-order chi connectivity index (χ0) is 18.4. The molecule has 1 aromatic rings. The average molecular weight is 347 g/mol. The van der Waals surface area contributed by atoms with E-state index in [2.05, 4.69) is 36.3 Å². The summed E-state index contributed by atoms with van der Waals surface area (Å²) in [4.78, 5) is 26.4. The van der Waals surface area contributed by atoms with Crippen molar-refractivity contribution < 1.29 is 14.7 Å². The molecule has 138 valence electrons. The first kappa shape index (κ1) is 19.2. The SMILES string of the molecule is C[C@@H]1CCCN(C(C)(C)CNC(=O)CNC(=O)c2cccc(O)c2)C1. The lowest BCUT2D eigenvalue weighted by Crippen LogP contribution is -2.55. The topological polar surface area (TPSA) is 81.7 Å². The second kappa shape index (κ2) is 8.34. The van der Waals surface area contributed by atoms with Crippen molar-refractivity contribution in [1.29, 1.82) is 0 Å². The van der Waals surface area contributed by atoms with Crippen LogP contribution in [0.3, 0.4) is 0 Å². The molecule has 0 saturated carbocycles. The average Bonchev–Trinajstić information content (AvgIpc) is 2.58. The van der Waals surface area contributed by atoms with Gasteiger partial charge in [-0.15, -0.1) is 0 Å². The number of amides is 2. The van der Waals surface area contributed by atoms with Gasteiger partial charge in [-0.3, -0.25) is 14.5 Å². The number of carbonyl (C=O) groups is 2. The number of carbonyl (C=O) groups excluding carboxylic acids is 2. The molecule has 1 heterocycles. The molecule has 3 N–H and O–H groups in total. The fourth-order valence-electron chi connectivity index (χ4n) is 3.14. The minimum atomic E-state index is -0.379. The maximum Gasteiger partial charge on any atom is 0.251 e. The monoisotopic (exact) mass is 347 g/mol. The van der Waals surface area contributed by atoms with E-state index in [0.717, 1.165) is 13.1 Å². The zero-order valence-electron chi connectivity index (χ0n) is 15.3. The van der Waals surface area contributed by atoms with Gasteiger partial charge in [0.05, 0.1) is 6.54 Å². The number of piperidine rings is 1. The highest BCUT2D eigenvalue weighted by atomic mass is 16.3. The minimum absolute atomic E-state index is 0.0228. The number of nitrogens with zero attached hydrogens (tertiary/aromatic N) is 1. The number of hydrogen-bond acceptors (Lipinski definition) is 4. The molecule has 1 aromatic carbocycles. The molecular weight excluding hydrogens is 318 g/mol. The van der Waals surface area contributed by atoms with Crippen LogP contribution in [-0.4, -0.2) is 53.5 Å². The fourth-order valence-corrected chi connectivity index (χ4v) is 3.14. The highest BCUT2D eigenvalue weighted by Gasteiger charge is 2.30. The van der Waals surface area contributed by atoms with Gasteiger partial charge in [-0.2, -0.15) is 0 Å². The van der Waals surface area contributed by atoms with Gasteiger partial charge in [0.1, 0.15) is 5.75 Å². The number of benzene rings is 1. The summed E-state index contributed by atoms with van der Waals surface area (Å²) in [5.74, 6) is 0.113. The first-order valence-corrected chi connectivity index (χ1v) is 8.87. The van der Waals surface area contributed by atoms with Gasteiger partial charge in [-0.1, -0.05) is 13.0 Å². The summed E-state index contributed by atoms with van der Waals surface area (Å²) in [5.41, 5.74) is 0.218. The van der Waals surface area contributed by atoms with Crippen molar-refractivity contribution in [1.82, 2.24) is 15.5 Å². The van der Waals surface area contributed by atoms with Gasteiger partial charge in [-0.05, 0) is 57.4 Å². The molecule has 0 aromatic heterocycles. The second-order valence-electron chi connectivity index (χ2n) is 7.52. The van der Waals surface area contributed by atoms with Gasteiger partial charge in [0.25, 0.3) is 5.91 Å². The van der Waals surface area contributed by atoms with Crippen molar-refractivity contribution in [3.63, 3.8) is 0 Å². The summed E-state index contributed by atoms with van der Waals surface area (Å²) in [7, 11) is 0. The van der Waals surface area contributed by atoms with E-state index in [9.17, 15) is 14.7 Å². The number of rotatable bonds is 6. The molecule has 1 atom stereocenters. The Morgan fingerprint density at radius 3 is 2.76 bits per heavy atom. The van der Waals surface area contributed by atoms with Crippen molar-refractivity contribution >= 4 is 11.8 Å². The molecule has 2 rings (SSSR count). The van der Waals surface area contributed by atoms with Crippen LogP contribution in [0, 0.1) is 5.92 Å². The van der Waals surface area contributed by atoms with Crippen LogP contribution in [0.4, 0.5) is 0 Å². The van der Waals surface area contributed by atoms with E-state index in [0.29, 0.717) is 18.0 Å². The summed E-state index contributed by atoms with van der Waals surface area (Å²) in [5, 5.41) is 14.9. The van der Waals surface area contributed by atoms with Gasteiger partial charge in [0, 0.05) is 24.2 Å². The molecule has 0 bridgehead atoms. The van der Waals surface area contributed by atoms with Crippen molar-refractivity contribution in [2.45, 2.75) is 39.2 Å². The number of nitrogens with one attached hydrogen (secondary N) is 2. The van der Waals surface area contributed by atoms with Crippen LogP contribution in [-0.2, 0) is 4.79 Å². The molecule has 0 aliphatic carbocycles. The number of phenols is 1. The molecular formula is C19H29N3O3. The molecule has 1 saturated heterocycles. The van der Waals surface area contributed by atoms with Gasteiger partial charge in [-0.25, -0.2) is 0 Å². The van der Waals surface area contributed by atoms with Gasteiger partial charge < -0.3 is 15.7 Å². The van der Waals surface area contributed by atoms with Gasteiger partial charge in [0.15, 0.2) is 0 Å². The van der Waals surface area contributed by atoms with Crippen molar-refractivity contribution in [2.75, 3.05) is 26.2 Å². The number of likely N-dealkylation sites (tertiary alicyclic amines) is 1. The Kier molecular flexibility index (Phi) is 6.42. The summed E-state index contributed by atoms with van der Waals surface area (Å²) in [6.45, 7) is 9.10. The third-order valence-electron chi connectivity index (χ3n) is 4.75. The van der Waals surface area contributed by atoms with Crippen LogP contribution < -0.4 is 10.6 Å². The summed E-state index contributed by atoms with van der Waals surface area (Å²) < 4.78 is 0. The standard InChI is InChI=1S/C19H29N3O3/c1-14-6-5-9-22(12-14)19(2,3)13-21-17(24)11-20-18(25)15-7-4-8-16(23)10-15/h4,7-8,10,14,23H,5-6,9,11-13H2,1-3H3,(H,20,25)(H,21,24)/t14-/m1/s1. The number of aromatic hydroxyl groups is 1. The third kappa shape index (κ3) is 5.74. The Labute approximate surface area is 149 Å². The van der Waals surface area contributed by atoms with Crippen molar-refractivity contribution in [3.05, 3.63) is 29.8 Å². The molecule has 0 spiro atoms. The summed E-state index contributed by atoms with van der Waals surface area (Å²) >= 11 is 0. The van der Waals surface area contributed by atoms with E-state index in [-0.39, 0.29) is 29.6 Å². The Morgan fingerprint density at radius 1 is 1.32 bits per heavy atom. The maximum atomic E-state index is 12.0. The highest BCUT2D eigenvalue weighted by molar-refractivity contribution is 5.96. The quantitative estimate of drug-likeness (QED) is 0.732. The summed E-state index contributed by atoms with van der Waals surface area (Å²) in [6.07, 6.45) is 2.46. The van der Waals surface area contributed by atoms with Crippen molar-refractivity contribution in [2.24, 2.45) is 5.92 Å². The van der Waals surface area contributed by atoms with Gasteiger partial charge >= 0.3 is 0 Å². The maximum absolute atomic E-state index is 12.0. The van der Waals surface area contributed by atoms with E-state index in [1.54, 1.807) is 12.1 Å². The van der Waals surface area contributed by atoms with E-state index in [1.807, 2.05) is 0 Å².